The van der Waals surface area contributed by atoms with Gasteiger partial charge in [0, 0.05) is 29.1 Å². The van der Waals surface area contributed by atoms with E-state index in [4.69, 9.17) is 40.7 Å². The van der Waals surface area contributed by atoms with Crippen LogP contribution in [-0.4, -0.2) is 91.1 Å². The van der Waals surface area contributed by atoms with E-state index in [2.05, 4.69) is 26.4 Å². The molecule has 4 heterocycles. The molecule has 198 valence electrons. The lowest BCUT2D eigenvalue weighted by Crippen LogP contribution is -2.81. The average molecular weight is 576 g/mol. The minimum Gasteiger partial charge on any atom is -0.477 e. The maximum atomic E-state index is 13.5. The molecular formula is C21H21N9O5S3. The Labute approximate surface area is 229 Å². The van der Waals surface area contributed by atoms with Gasteiger partial charge in [0.2, 0.25) is 0 Å². The van der Waals surface area contributed by atoms with Gasteiger partial charge in [0.25, 0.3) is 11.8 Å². The largest absolute Gasteiger partial charge is 0.477 e. The number of amides is 2. The van der Waals surface area contributed by atoms with E-state index in [0.29, 0.717) is 0 Å². The summed E-state index contributed by atoms with van der Waals surface area (Å²) in [6.45, 7) is -0.225. The lowest BCUT2D eigenvalue weighted by atomic mass is 9.87. The van der Waals surface area contributed by atoms with Crippen LogP contribution in [0.1, 0.15) is 5.69 Å². The van der Waals surface area contributed by atoms with E-state index < -0.39 is 34.9 Å². The van der Waals surface area contributed by atoms with Crippen LogP contribution in [0.2, 0.25) is 0 Å². The van der Waals surface area contributed by atoms with E-state index >= 15 is 0 Å². The van der Waals surface area contributed by atoms with Crippen molar-refractivity contribution in [1.82, 2.24) is 20.1 Å². The second kappa shape index (κ2) is 10.4. The maximum Gasteiger partial charge on any atom is 0.353 e. The van der Waals surface area contributed by atoms with E-state index in [1.807, 2.05) is 0 Å². The van der Waals surface area contributed by atoms with Gasteiger partial charge in [-0.05, 0) is 6.08 Å². The number of β-lactam (4-membered cyclic amide) rings is 1. The summed E-state index contributed by atoms with van der Waals surface area (Å²) in [7, 11) is 1.63. The zero-order valence-electron chi connectivity index (χ0n) is 19.7. The second-order valence-electron chi connectivity index (χ2n) is 8.03. The number of nitrogens with one attached hydrogen (secondary N) is 1. The molecule has 3 atom stereocenters. The van der Waals surface area contributed by atoms with Gasteiger partial charge in [0.1, 0.15) is 34.6 Å². The summed E-state index contributed by atoms with van der Waals surface area (Å²) in [4.78, 5) is 55.0. The first-order valence-electron chi connectivity index (χ1n) is 10.7. The summed E-state index contributed by atoms with van der Waals surface area (Å²) < 4.78 is 0. The molecule has 0 aliphatic carbocycles. The molecule has 1 fully saturated rings. The number of thioether (sulfide) groups is 1. The summed E-state index contributed by atoms with van der Waals surface area (Å²) in [6, 6.07) is 0. The first kappa shape index (κ1) is 27.1. The van der Waals surface area contributed by atoms with Crippen molar-refractivity contribution in [2.24, 2.45) is 21.6 Å². The van der Waals surface area contributed by atoms with Gasteiger partial charge in [-0.3, -0.25) is 14.5 Å². The standard InChI is InChI=1S/C21H21N9O5S3/c1-3-4-35-28-13(10-7-38-20(24)25-10)16(31)27-21(8-36)18(34)30-14(17(32)33)9(6-37-19(21)30)15-26-11(22)5-12(23)29(15)2/h1,5,7-8,12,19H,4,6,22-23H2,2H3,(H2,24,25)(H,27,31)(H,32,33)/b28-13-/t12?,19-,21?/m0/s1. The molecule has 0 saturated carbocycles. The molecule has 2 unspecified atom stereocenters. The lowest BCUT2D eigenvalue weighted by Gasteiger charge is -2.55. The fourth-order valence-electron chi connectivity index (χ4n) is 3.93. The number of terminal acetylenes is 1. The van der Waals surface area contributed by atoms with Crippen LogP contribution in [0.25, 0.3) is 0 Å². The normalized spacial score (nSPS) is 25.0. The Kier molecular flexibility index (Phi) is 7.42. The minimum atomic E-state index is -1.73. The van der Waals surface area contributed by atoms with E-state index in [1.165, 1.54) is 23.2 Å². The number of carbonyl (C=O) groups is 3. The predicted octanol–water partition coefficient (Wildman–Crippen LogP) is -1.38. The Balaban J connectivity index is 1.68. The summed E-state index contributed by atoms with van der Waals surface area (Å²) >= 11 is 7.40. The topological polar surface area (TPSA) is 215 Å². The number of anilines is 1. The van der Waals surface area contributed by atoms with Crippen molar-refractivity contribution in [2.45, 2.75) is 17.1 Å². The van der Waals surface area contributed by atoms with Crippen LogP contribution < -0.4 is 22.5 Å². The van der Waals surface area contributed by atoms with Crippen LogP contribution >= 0.6 is 35.3 Å². The second-order valence-corrected chi connectivity index (χ2v) is 10.2. The highest BCUT2D eigenvalue weighted by molar-refractivity contribution is 8.00. The maximum absolute atomic E-state index is 13.5. The number of fused-ring (bicyclic) bond motifs is 1. The van der Waals surface area contributed by atoms with Crippen molar-refractivity contribution < 1.29 is 24.3 Å². The first-order chi connectivity index (χ1) is 18.0. The number of thiocarbonyl (C=S) groups is 1. The summed E-state index contributed by atoms with van der Waals surface area (Å²) in [6.07, 6.45) is 6.04. The Morgan fingerprint density at radius 1 is 1.50 bits per heavy atom. The van der Waals surface area contributed by atoms with Gasteiger partial charge in [0.15, 0.2) is 23.0 Å². The lowest BCUT2D eigenvalue weighted by molar-refractivity contribution is -0.153. The molecule has 1 saturated heterocycles. The number of thiazole rings is 1. The van der Waals surface area contributed by atoms with E-state index in [9.17, 15) is 19.5 Å². The number of carboxylic acid groups (broad SMARTS) is 1. The number of hydrogen-bond donors (Lipinski definition) is 5. The molecule has 3 aliphatic rings. The number of oxime groups is 1. The number of aliphatic carboxylic acids is 1. The van der Waals surface area contributed by atoms with Crippen LogP contribution in [0.3, 0.4) is 0 Å². The number of nitrogens with two attached hydrogens (primary N) is 3. The number of nitrogens with zero attached hydrogens (tertiary/aromatic N) is 5. The van der Waals surface area contributed by atoms with Crippen molar-refractivity contribution in [1.29, 1.82) is 0 Å². The van der Waals surface area contributed by atoms with Gasteiger partial charge in [-0.2, -0.15) is 0 Å². The van der Waals surface area contributed by atoms with Gasteiger partial charge in [0.05, 0.1) is 0 Å². The summed E-state index contributed by atoms with van der Waals surface area (Å²) in [5.74, 6) is -0.326. The SMILES string of the molecule is C#CCO/N=C(\C(=O)NC1(C=S)C(=O)N2C(C(=O)O)=C(C3=NC(N)=CC(N)N3C)CS[C@H]21)c1csc(N)n1. The Morgan fingerprint density at radius 2 is 2.24 bits per heavy atom. The Bertz CT molecular complexity index is 1390. The molecule has 0 aromatic carbocycles. The van der Waals surface area contributed by atoms with Crippen molar-refractivity contribution in [2.75, 3.05) is 25.1 Å². The molecule has 0 bridgehead atoms. The molecule has 1 aromatic rings. The van der Waals surface area contributed by atoms with Gasteiger partial charge >= 0.3 is 5.97 Å². The smallest absolute Gasteiger partial charge is 0.353 e. The van der Waals surface area contributed by atoms with Crippen LogP contribution in [-0.2, 0) is 19.2 Å². The minimum absolute atomic E-state index is 0.0928. The molecular weight excluding hydrogens is 554 g/mol. The number of likely N-dealkylation sites (N-methyl/N-ethyl adjacent to an activating group) is 1. The zero-order valence-corrected chi connectivity index (χ0v) is 22.1. The van der Waals surface area contributed by atoms with Gasteiger partial charge in [-0.15, -0.1) is 29.5 Å². The number of carboxylic acids is 1. The Hall–Kier alpha value is -3.98. The fraction of sp³-hybridized carbons (Fsp3) is 0.286. The molecule has 14 nitrogen and oxygen atoms in total. The first-order valence-corrected chi connectivity index (χ1v) is 13.1. The van der Waals surface area contributed by atoms with Crippen molar-refractivity contribution in [3.8, 4) is 12.3 Å². The van der Waals surface area contributed by atoms with Crippen LogP contribution in [0, 0.1) is 12.3 Å². The Morgan fingerprint density at radius 3 is 2.84 bits per heavy atom. The van der Waals surface area contributed by atoms with E-state index in [1.54, 1.807) is 11.9 Å². The molecule has 2 amide bonds. The summed E-state index contributed by atoms with van der Waals surface area (Å²) in [5, 5.41) is 18.3. The van der Waals surface area contributed by atoms with E-state index in [0.717, 1.165) is 21.6 Å². The molecule has 17 heteroatoms. The number of carbonyl (C=O) groups excluding carboxylic acids is 2. The summed E-state index contributed by atoms with van der Waals surface area (Å²) in [5.41, 5.74) is 15.6. The van der Waals surface area contributed by atoms with Gasteiger partial charge < -0.3 is 37.4 Å². The molecule has 1 aromatic heterocycles. The van der Waals surface area contributed by atoms with Gasteiger partial charge in [-0.25, -0.2) is 14.8 Å². The molecule has 0 spiro atoms. The highest BCUT2D eigenvalue weighted by Crippen LogP contribution is 2.46. The number of hydrogen-bond acceptors (Lipinski definition) is 14. The monoisotopic (exact) mass is 575 g/mol. The molecule has 38 heavy (non-hydrogen) atoms. The van der Waals surface area contributed by atoms with Crippen LogP contribution in [0.15, 0.2) is 38.7 Å². The third-order valence-electron chi connectivity index (χ3n) is 5.73. The quantitative estimate of drug-likeness (QED) is 0.0605. The highest BCUT2D eigenvalue weighted by Gasteiger charge is 2.65. The number of aliphatic imine (C=N–C) groups is 1. The van der Waals surface area contributed by atoms with Gasteiger partial charge in [-0.1, -0.05) is 23.3 Å². The zero-order chi connectivity index (χ0) is 27.8. The van der Waals surface area contributed by atoms with Crippen molar-refractivity contribution >= 4 is 75.1 Å². The van der Waals surface area contributed by atoms with Crippen LogP contribution in [0.4, 0.5) is 5.13 Å². The van der Waals surface area contributed by atoms with Crippen molar-refractivity contribution in [3.63, 3.8) is 0 Å². The number of amidine groups is 1. The molecule has 8 N–H and O–H groups in total. The van der Waals surface area contributed by atoms with Crippen molar-refractivity contribution in [3.05, 3.63) is 34.2 Å². The predicted molar refractivity (Wildman–Crippen MR) is 146 cm³/mol. The van der Waals surface area contributed by atoms with E-state index in [-0.39, 0.29) is 51.8 Å². The van der Waals surface area contributed by atoms with Crippen LogP contribution in [0.5, 0.6) is 0 Å². The fourth-order valence-corrected chi connectivity index (χ4v) is 6.29. The molecule has 4 rings (SSSR count). The molecule has 3 aliphatic heterocycles. The number of aromatic nitrogens is 1. The highest BCUT2D eigenvalue weighted by atomic mass is 32.2. The average Bonchev–Trinajstić information content (AvgIpc) is 3.31. The number of nitrogen functional groups attached to an aromatic ring is 1. The molecule has 0 radical (unpaired) electrons. The number of rotatable bonds is 8. The third-order valence-corrected chi connectivity index (χ3v) is 8.13. The third kappa shape index (κ3) is 4.47.